The van der Waals surface area contributed by atoms with E-state index in [1.54, 1.807) is 0 Å². The lowest BCUT2D eigenvalue weighted by molar-refractivity contribution is 0.0632. The van der Waals surface area contributed by atoms with E-state index in [9.17, 15) is 9.59 Å². The van der Waals surface area contributed by atoms with Crippen molar-refractivity contribution in [2.45, 2.75) is 79.6 Å². The van der Waals surface area contributed by atoms with Gasteiger partial charge in [-0.1, -0.05) is 24.3 Å². The summed E-state index contributed by atoms with van der Waals surface area (Å²) in [7, 11) is 0. The minimum absolute atomic E-state index is 0.00442. The Balaban J connectivity index is 2.63. The Labute approximate surface area is 169 Å². The molecule has 0 atom stereocenters. The third kappa shape index (κ3) is 4.21. The number of nitrogens with zero attached hydrogens (tertiary/aromatic N) is 2. The van der Waals surface area contributed by atoms with Gasteiger partial charge in [-0.05, 0) is 78.3 Å². The third-order valence-corrected chi connectivity index (χ3v) is 5.08. The topological polar surface area (TPSA) is 40.6 Å². The SMILES string of the molecule is CC(C)N(C(=O)c1ccc(C(=O)N(C(C)C)C(C)C)c2ccccc12)C(C)C. The average Bonchev–Trinajstić information content (AvgIpc) is 2.59. The molecule has 0 aromatic heterocycles. The normalized spacial score (nSPS) is 11.7. The number of fused-ring (bicyclic) bond motifs is 1. The fourth-order valence-electron chi connectivity index (χ4n) is 4.08. The van der Waals surface area contributed by atoms with Crippen LogP contribution in [-0.4, -0.2) is 45.8 Å². The van der Waals surface area contributed by atoms with E-state index in [0.717, 1.165) is 10.8 Å². The van der Waals surface area contributed by atoms with E-state index < -0.39 is 0 Å². The van der Waals surface area contributed by atoms with Crippen LogP contribution in [0.5, 0.6) is 0 Å². The molecular weight excluding hydrogens is 348 g/mol. The summed E-state index contributed by atoms with van der Waals surface area (Å²) in [5.41, 5.74) is 1.30. The van der Waals surface area contributed by atoms with Crippen LogP contribution in [-0.2, 0) is 0 Å². The molecule has 0 aliphatic rings. The lowest BCUT2D eigenvalue weighted by Crippen LogP contribution is -2.42. The summed E-state index contributed by atoms with van der Waals surface area (Å²) in [4.78, 5) is 30.4. The first-order valence-electron chi connectivity index (χ1n) is 10.2. The molecule has 0 aliphatic heterocycles. The summed E-state index contributed by atoms with van der Waals surface area (Å²) >= 11 is 0. The van der Waals surface area contributed by atoms with Crippen molar-refractivity contribution in [3.8, 4) is 0 Å². The van der Waals surface area contributed by atoms with Crippen molar-refractivity contribution >= 4 is 22.6 Å². The van der Waals surface area contributed by atoms with Gasteiger partial charge in [0.2, 0.25) is 0 Å². The van der Waals surface area contributed by atoms with Gasteiger partial charge in [-0.2, -0.15) is 0 Å². The minimum Gasteiger partial charge on any atom is -0.334 e. The highest BCUT2D eigenvalue weighted by atomic mass is 16.2. The molecule has 0 N–H and O–H groups in total. The lowest BCUT2D eigenvalue weighted by atomic mass is 9.96. The van der Waals surface area contributed by atoms with Crippen LogP contribution in [0.2, 0.25) is 0 Å². The summed E-state index contributed by atoms with van der Waals surface area (Å²) in [5.74, 6) is 0.00884. The summed E-state index contributed by atoms with van der Waals surface area (Å²) < 4.78 is 0. The molecule has 0 radical (unpaired) electrons. The van der Waals surface area contributed by atoms with Crippen molar-refractivity contribution in [3.05, 3.63) is 47.5 Å². The second-order valence-electron chi connectivity index (χ2n) is 8.51. The molecule has 0 saturated heterocycles. The largest absolute Gasteiger partial charge is 0.334 e. The zero-order valence-electron chi connectivity index (χ0n) is 18.5. The monoisotopic (exact) mass is 382 g/mol. The van der Waals surface area contributed by atoms with Crippen LogP contribution < -0.4 is 0 Å². The summed E-state index contributed by atoms with van der Waals surface area (Å²) in [6.45, 7) is 16.2. The Hall–Kier alpha value is -2.36. The lowest BCUT2D eigenvalue weighted by Gasteiger charge is -2.32. The van der Waals surface area contributed by atoms with Crippen LogP contribution in [0.1, 0.15) is 76.1 Å². The van der Waals surface area contributed by atoms with Crippen LogP contribution in [0.15, 0.2) is 36.4 Å². The molecule has 0 bridgehead atoms. The van der Waals surface area contributed by atoms with Crippen LogP contribution in [0.3, 0.4) is 0 Å². The quantitative estimate of drug-likeness (QED) is 0.675. The zero-order chi connectivity index (χ0) is 21.2. The molecule has 2 amide bonds. The first-order valence-corrected chi connectivity index (χ1v) is 10.2. The fraction of sp³-hybridized carbons (Fsp3) is 0.500. The van der Waals surface area contributed by atoms with Gasteiger partial charge in [0.05, 0.1) is 0 Å². The highest BCUT2D eigenvalue weighted by Gasteiger charge is 2.27. The van der Waals surface area contributed by atoms with Gasteiger partial charge in [0.1, 0.15) is 0 Å². The molecular formula is C24H34N2O2. The van der Waals surface area contributed by atoms with Crippen LogP contribution in [0.25, 0.3) is 10.8 Å². The Morgan fingerprint density at radius 3 is 1.11 bits per heavy atom. The minimum atomic E-state index is 0.00442. The van der Waals surface area contributed by atoms with E-state index in [-0.39, 0.29) is 36.0 Å². The van der Waals surface area contributed by atoms with Gasteiger partial charge < -0.3 is 9.80 Å². The van der Waals surface area contributed by atoms with E-state index in [1.807, 2.05) is 102 Å². The number of rotatable bonds is 6. The maximum absolute atomic E-state index is 13.3. The molecule has 2 aromatic rings. The van der Waals surface area contributed by atoms with Gasteiger partial charge in [-0.3, -0.25) is 9.59 Å². The van der Waals surface area contributed by atoms with Gasteiger partial charge in [-0.25, -0.2) is 0 Å². The number of hydrogen-bond donors (Lipinski definition) is 0. The zero-order valence-corrected chi connectivity index (χ0v) is 18.5. The Kier molecular flexibility index (Phi) is 6.87. The maximum atomic E-state index is 13.3. The van der Waals surface area contributed by atoms with Crippen molar-refractivity contribution in [1.82, 2.24) is 9.80 Å². The van der Waals surface area contributed by atoms with E-state index in [1.165, 1.54) is 0 Å². The predicted octanol–water partition coefficient (Wildman–Crippen LogP) is 5.36. The number of benzene rings is 2. The highest BCUT2D eigenvalue weighted by molar-refractivity contribution is 6.14. The molecule has 0 spiro atoms. The van der Waals surface area contributed by atoms with Crippen molar-refractivity contribution in [1.29, 1.82) is 0 Å². The van der Waals surface area contributed by atoms with Crippen LogP contribution in [0.4, 0.5) is 0 Å². The van der Waals surface area contributed by atoms with Gasteiger partial charge >= 0.3 is 0 Å². The highest BCUT2D eigenvalue weighted by Crippen LogP contribution is 2.27. The molecule has 0 saturated carbocycles. The molecule has 0 fully saturated rings. The number of carbonyl (C=O) groups excluding carboxylic acids is 2. The second-order valence-corrected chi connectivity index (χ2v) is 8.51. The van der Waals surface area contributed by atoms with Crippen molar-refractivity contribution in [3.63, 3.8) is 0 Å². The average molecular weight is 383 g/mol. The van der Waals surface area contributed by atoms with Crippen molar-refractivity contribution < 1.29 is 9.59 Å². The molecule has 2 aromatic carbocycles. The van der Waals surface area contributed by atoms with E-state index in [4.69, 9.17) is 0 Å². The standard InChI is InChI=1S/C24H34N2O2/c1-15(2)25(16(3)4)23(27)21-13-14-22(20-12-10-9-11-19(20)21)24(28)26(17(5)6)18(7)8/h9-18H,1-8H3. The molecule has 2 rings (SSSR count). The van der Waals surface area contributed by atoms with Crippen molar-refractivity contribution in [2.75, 3.05) is 0 Å². The molecule has 0 heterocycles. The third-order valence-electron chi connectivity index (χ3n) is 5.08. The van der Waals surface area contributed by atoms with E-state index >= 15 is 0 Å². The summed E-state index contributed by atoms with van der Waals surface area (Å²) in [6, 6.07) is 11.8. The summed E-state index contributed by atoms with van der Waals surface area (Å²) in [5, 5.41) is 1.66. The smallest absolute Gasteiger partial charge is 0.254 e. The molecule has 4 heteroatoms. The fourth-order valence-corrected chi connectivity index (χ4v) is 4.08. The first kappa shape index (κ1) is 21.9. The molecule has 0 unspecified atom stereocenters. The van der Waals surface area contributed by atoms with Crippen molar-refractivity contribution in [2.24, 2.45) is 0 Å². The first-order chi connectivity index (χ1) is 13.1. The number of amides is 2. The van der Waals surface area contributed by atoms with Gasteiger partial charge in [0.15, 0.2) is 0 Å². The van der Waals surface area contributed by atoms with Gasteiger partial charge in [0.25, 0.3) is 11.8 Å². The molecule has 152 valence electrons. The Morgan fingerprint density at radius 2 is 0.857 bits per heavy atom. The van der Waals surface area contributed by atoms with Crippen LogP contribution >= 0.6 is 0 Å². The Bertz CT molecular complexity index is 766. The van der Waals surface area contributed by atoms with E-state index in [2.05, 4.69) is 0 Å². The summed E-state index contributed by atoms with van der Waals surface area (Å²) in [6.07, 6.45) is 0. The molecule has 28 heavy (non-hydrogen) atoms. The maximum Gasteiger partial charge on any atom is 0.254 e. The van der Waals surface area contributed by atoms with Crippen LogP contribution in [0, 0.1) is 0 Å². The molecule has 0 aliphatic carbocycles. The molecule has 4 nitrogen and oxygen atoms in total. The number of hydrogen-bond acceptors (Lipinski definition) is 2. The number of carbonyl (C=O) groups is 2. The Morgan fingerprint density at radius 1 is 0.571 bits per heavy atom. The van der Waals surface area contributed by atoms with Gasteiger partial charge in [-0.15, -0.1) is 0 Å². The predicted molar refractivity (Wildman–Crippen MR) is 117 cm³/mol. The van der Waals surface area contributed by atoms with Gasteiger partial charge in [0, 0.05) is 35.3 Å². The second kappa shape index (κ2) is 8.76. The van der Waals surface area contributed by atoms with E-state index in [0.29, 0.717) is 11.1 Å².